The van der Waals surface area contributed by atoms with Crippen molar-refractivity contribution in [2.24, 2.45) is 0 Å². The van der Waals surface area contributed by atoms with Crippen LogP contribution in [0.2, 0.25) is 0 Å². The van der Waals surface area contributed by atoms with Crippen molar-refractivity contribution in [2.75, 3.05) is 20.2 Å². The Morgan fingerprint density at radius 2 is 1.58 bits per heavy atom. The maximum absolute atomic E-state index is 12.8. The number of ether oxygens (including phenoxy) is 3. The first-order valence-corrected chi connectivity index (χ1v) is 12.1. The van der Waals surface area contributed by atoms with Crippen LogP contribution in [0.1, 0.15) is 82.3 Å². The number of rotatable bonds is 8. The molecular formula is C27H39N3O6. The summed E-state index contributed by atoms with van der Waals surface area (Å²) in [6.07, 6.45) is 1.82. The predicted octanol–water partition coefficient (Wildman–Crippen LogP) is 5.11. The van der Waals surface area contributed by atoms with Gasteiger partial charge in [-0.1, -0.05) is 25.1 Å². The molecule has 0 fully saturated rings. The summed E-state index contributed by atoms with van der Waals surface area (Å²) in [4.78, 5) is 41.4. The van der Waals surface area contributed by atoms with E-state index in [0.717, 1.165) is 11.1 Å². The first kappa shape index (κ1) is 28.9. The Hall–Kier alpha value is -3.36. The summed E-state index contributed by atoms with van der Waals surface area (Å²) >= 11 is 0. The average molecular weight is 502 g/mol. The van der Waals surface area contributed by atoms with Gasteiger partial charge in [-0.25, -0.2) is 14.4 Å². The molecule has 1 heterocycles. The zero-order valence-corrected chi connectivity index (χ0v) is 22.6. The molecule has 1 atom stereocenters. The fourth-order valence-corrected chi connectivity index (χ4v) is 3.66. The van der Waals surface area contributed by atoms with E-state index >= 15 is 0 Å². The Kier molecular flexibility index (Phi) is 9.67. The number of hydrogen-bond donors (Lipinski definition) is 2. The fourth-order valence-electron chi connectivity index (χ4n) is 3.66. The topological polar surface area (TPSA) is 116 Å². The molecule has 36 heavy (non-hydrogen) atoms. The van der Waals surface area contributed by atoms with Crippen LogP contribution in [0.3, 0.4) is 0 Å². The number of hydrogen-bond acceptors (Lipinski definition) is 7. The highest BCUT2D eigenvalue weighted by Gasteiger charge is 2.22. The van der Waals surface area contributed by atoms with Gasteiger partial charge in [0, 0.05) is 30.6 Å². The third kappa shape index (κ3) is 8.70. The van der Waals surface area contributed by atoms with Gasteiger partial charge >= 0.3 is 18.2 Å². The van der Waals surface area contributed by atoms with Crippen molar-refractivity contribution in [2.45, 2.75) is 78.4 Å². The number of amides is 2. The van der Waals surface area contributed by atoms with E-state index in [1.54, 1.807) is 27.0 Å². The van der Waals surface area contributed by atoms with Crippen LogP contribution >= 0.6 is 0 Å². The highest BCUT2D eigenvalue weighted by Crippen LogP contribution is 2.29. The lowest BCUT2D eigenvalue weighted by Crippen LogP contribution is -2.34. The summed E-state index contributed by atoms with van der Waals surface area (Å²) in [6, 6.07) is 5.64. The smallest absolute Gasteiger partial charge is 0.407 e. The Bertz CT molecular complexity index is 1090. The lowest BCUT2D eigenvalue weighted by molar-refractivity contribution is 0.0514. The van der Waals surface area contributed by atoms with Crippen molar-refractivity contribution < 1.29 is 28.6 Å². The van der Waals surface area contributed by atoms with Gasteiger partial charge in [0.25, 0.3) is 0 Å². The van der Waals surface area contributed by atoms with E-state index in [1.807, 2.05) is 45.9 Å². The second-order valence-electron chi connectivity index (χ2n) is 10.7. The van der Waals surface area contributed by atoms with E-state index in [-0.39, 0.29) is 5.92 Å². The average Bonchev–Trinajstić information content (AvgIpc) is 2.76. The van der Waals surface area contributed by atoms with Gasteiger partial charge in [0.05, 0.1) is 18.2 Å². The van der Waals surface area contributed by atoms with Gasteiger partial charge in [-0.3, -0.25) is 4.98 Å². The number of fused-ring (bicyclic) bond motifs is 1. The molecule has 0 spiro atoms. The van der Waals surface area contributed by atoms with Crippen LogP contribution in [0.4, 0.5) is 9.59 Å². The normalized spacial score (nSPS) is 12.6. The molecule has 9 heteroatoms. The van der Waals surface area contributed by atoms with Gasteiger partial charge < -0.3 is 24.8 Å². The summed E-state index contributed by atoms with van der Waals surface area (Å²) < 4.78 is 15.6. The number of benzene rings is 1. The Labute approximate surface area is 213 Å². The molecule has 2 aromatic rings. The summed E-state index contributed by atoms with van der Waals surface area (Å²) in [7, 11) is 1.35. The van der Waals surface area contributed by atoms with E-state index in [1.165, 1.54) is 7.11 Å². The van der Waals surface area contributed by atoms with Gasteiger partial charge in [-0.05, 0) is 65.5 Å². The van der Waals surface area contributed by atoms with E-state index < -0.39 is 29.4 Å². The van der Waals surface area contributed by atoms with Crippen molar-refractivity contribution in [1.82, 2.24) is 15.6 Å². The summed E-state index contributed by atoms with van der Waals surface area (Å²) in [6.45, 7) is 13.6. The summed E-state index contributed by atoms with van der Waals surface area (Å²) in [5.74, 6) is -0.530. The number of aryl methyl sites for hydroxylation is 1. The molecule has 0 saturated carbocycles. The van der Waals surface area contributed by atoms with E-state index in [0.29, 0.717) is 42.4 Å². The number of nitrogens with one attached hydrogen (secondary N) is 2. The standard InChI is InChI=1S/C27H39N3O6/c1-17(15-30-25(33)36-27(5,6)7)19-12-9-13-20-21(23(31)34-8)18(16-29-22(19)20)11-10-14-28-24(32)35-26(2,3)4/h9,12-13,16-17H,10-11,14-15H2,1-8H3,(H,28,32)(H,30,33). The van der Waals surface area contributed by atoms with E-state index in [9.17, 15) is 14.4 Å². The highest BCUT2D eigenvalue weighted by molar-refractivity contribution is 6.05. The minimum atomic E-state index is -0.581. The third-order valence-electron chi connectivity index (χ3n) is 5.17. The molecule has 2 rings (SSSR count). The van der Waals surface area contributed by atoms with Crippen LogP contribution < -0.4 is 10.6 Å². The number of esters is 1. The molecule has 0 aliphatic carbocycles. The minimum absolute atomic E-state index is 0.0805. The van der Waals surface area contributed by atoms with Gasteiger partial charge in [0.15, 0.2) is 0 Å². The predicted molar refractivity (Wildman–Crippen MR) is 138 cm³/mol. The monoisotopic (exact) mass is 501 g/mol. The molecular weight excluding hydrogens is 462 g/mol. The van der Waals surface area contributed by atoms with Crippen molar-refractivity contribution in [3.8, 4) is 0 Å². The molecule has 0 radical (unpaired) electrons. The number of para-hydroxylation sites is 1. The summed E-state index contributed by atoms with van der Waals surface area (Å²) in [5, 5.41) is 6.20. The fraction of sp³-hybridized carbons (Fsp3) is 0.556. The largest absolute Gasteiger partial charge is 0.465 e. The molecule has 0 aliphatic heterocycles. The number of aromatic nitrogens is 1. The number of carbonyl (C=O) groups is 3. The molecule has 2 N–H and O–H groups in total. The molecule has 9 nitrogen and oxygen atoms in total. The second-order valence-corrected chi connectivity index (χ2v) is 10.7. The molecule has 0 saturated heterocycles. The summed E-state index contributed by atoms with van der Waals surface area (Å²) in [5.41, 5.74) is 1.61. The Morgan fingerprint density at radius 3 is 2.17 bits per heavy atom. The van der Waals surface area contributed by atoms with Crippen molar-refractivity contribution in [1.29, 1.82) is 0 Å². The van der Waals surface area contributed by atoms with Gasteiger partial charge in [-0.2, -0.15) is 0 Å². The van der Waals surface area contributed by atoms with Crippen molar-refractivity contribution in [3.05, 3.63) is 41.1 Å². The number of methoxy groups -OCH3 is 1. The zero-order chi connectivity index (χ0) is 27.1. The highest BCUT2D eigenvalue weighted by atomic mass is 16.6. The Balaban J connectivity index is 2.20. The molecule has 0 bridgehead atoms. The van der Waals surface area contributed by atoms with Crippen LogP contribution in [0.25, 0.3) is 10.9 Å². The number of alkyl carbamates (subject to hydrolysis) is 2. The maximum atomic E-state index is 12.8. The molecule has 1 aromatic carbocycles. The molecule has 198 valence electrons. The maximum Gasteiger partial charge on any atom is 0.407 e. The van der Waals surface area contributed by atoms with E-state index in [2.05, 4.69) is 15.6 Å². The molecule has 2 amide bonds. The number of carbonyl (C=O) groups excluding carboxylic acids is 3. The van der Waals surface area contributed by atoms with Crippen LogP contribution in [0.15, 0.2) is 24.4 Å². The van der Waals surface area contributed by atoms with Gasteiger partial charge in [-0.15, -0.1) is 0 Å². The van der Waals surface area contributed by atoms with Crippen LogP contribution in [-0.2, 0) is 20.6 Å². The first-order valence-electron chi connectivity index (χ1n) is 12.1. The molecule has 1 aromatic heterocycles. The van der Waals surface area contributed by atoms with E-state index in [4.69, 9.17) is 14.2 Å². The zero-order valence-electron chi connectivity index (χ0n) is 22.6. The lowest BCUT2D eigenvalue weighted by Gasteiger charge is -2.21. The van der Waals surface area contributed by atoms with Crippen LogP contribution in [-0.4, -0.2) is 54.5 Å². The lowest BCUT2D eigenvalue weighted by atomic mass is 9.93. The van der Waals surface area contributed by atoms with Crippen molar-refractivity contribution >= 4 is 29.1 Å². The third-order valence-corrected chi connectivity index (χ3v) is 5.17. The second kappa shape index (κ2) is 12.1. The van der Waals surface area contributed by atoms with Crippen LogP contribution in [0, 0.1) is 0 Å². The van der Waals surface area contributed by atoms with Crippen LogP contribution in [0.5, 0.6) is 0 Å². The van der Waals surface area contributed by atoms with Gasteiger partial charge in [0.1, 0.15) is 11.2 Å². The quantitative estimate of drug-likeness (QED) is 0.293. The minimum Gasteiger partial charge on any atom is -0.465 e. The number of pyridine rings is 1. The molecule has 1 unspecified atom stereocenters. The number of nitrogens with zero attached hydrogens (tertiary/aromatic N) is 1. The SMILES string of the molecule is COC(=O)c1c(CCCNC(=O)OC(C)(C)C)cnc2c(C(C)CNC(=O)OC(C)(C)C)cccc12. The molecule has 0 aliphatic rings. The van der Waals surface area contributed by atoms with Gasteiger partial charge in [0.2, 0.25) is 0 Å². The van der Waals surface area contributed by atoms with Crippen molar-refractivity contribution in [3.63, 3.8) is 0 Å². The Morgan fingerprint density at radius 1 is 0.972 bits per heavy atom. The first-order chi connectivity index (χ1) is 16.7.